The maximum absolute atomic E-state index is 6.16. The van der Waals surface area contributed by atoms with Crippen molar-refractivity contribution in [1.29, 1.82) is 0 Å². The normalized spacial score (nSPS) is 10.7. The van der Waals surface area contributed by atoms with Gasteiger partial charge in [-0.25, -0.2) is 9.97 Å². The van der Waals surface area contributed by atoms with Crippen LogP contribution in [0.25, 0.3) is 0 Å². The molecular formula is C13H11Cl3N2S. The summed E-state index contributed by atoms with van der Waals surface area (Å²) in [6.07, 6.45) is 3.27. The molecule has 0 saturated heterocycles. The van der Waals surface area contributed by atoms with Crippen LogP contribution in [0.4, 0.5) is 0 Å². The molecule has 0 atom stereocenters. The average molecular weight is 334 g/mol. The first kappa shape index (κ1) is 14.9. The molecule has 0 saturated carbocycles. The van der Waals surface area contributed by atoms with Crippen LogP contribution in [0, 0.1) is 0 Å². The van der Waals surface area contributed by atoms with Crippen molar-refractivity contribution in [2.75, 3.05) is 0 Å². The van der Waals surface area contributed by atoms with Crippen molar-refractivity contribution in [3.8, 4) is 0 Å². The number of halogens is 3. The molecule has 2 nitrogen and oxygen atoms in total. The van der Waals surface area contributed by atoms with Gasteiger partial charge in [-0.3, -0.25) is 0 Å². The third-order valence-electron chi connectivity index (χ3n) is 2.45. The Morgan fingerprint density at radius 1 is 1.16 bits per heavy atom. The van der Waals surface area contributed by atoms with E-state index in [2.05, 4.69) is 16.9 Å². The van der Waals surface area contributed by atoms with Crippen LogP contribution in [-0.2, 0) is 6.42 Å². The smallest absolute Gasteiger partial charge is 0.136 e. The number of hydrogen-bond acceptors (Lipinski definition) is 3. The van der Waals surface area contributed by atoms with Gasteiger partial charge in [0.2, 0.25) is 0 Å². The van der Waals surface area contributed by atoms with Gasteiger partial charge in [0.1, 0.15) is 16.5 Å². The van der Waals surface area contributed by atoms with E-state index in [9.17, 15) is 0 Å². The number of aromatic nitrogens is 2. The van der Waals surface area contributed by atoms with Gasteiger partial charge in [0.15, 0.2) is 0 Å². The Morgan fingerprint density at radius 3 is 2.68 bits per heavy atom. The lowest BCUT2D eigenvalue weighted by atomic mass is 10.2. The molecule has 0 unspecified atom stereocenters. The molecule has 0 fully saturated rings. The van der Waals surface area contributed by atoms with Crippen molar-refractivity contribution in [2.24, 2.45) is 0 Å². The van der Waals surface area contributed by atoms with Crippen molar-refractivity contribution < 1.29 is 0 Å². The van der Waals surface area contributed by atoms with Crippen molar-refractivity contribution in [3.63, 3.8) is 0 Å². The second-order valence-corrected chi connectivity index (χ2v) is 6.11. The van der Waals surface area contributed by atoms with Crippen LogP contribution in [0.15, 0.2) is 34.4 Å². The topological polar surface area (TPSA) is 25.8 Å². The molecular weight excluding hydrogens is 323 g/mol. The van der Waals surface area contributed by atoms with Gasteiger partial charge in [-0.05, 0) is 24.6 Å². The first-order chi connectivity index (χ1) is 9.11. The molecule has 19 heavy (non-hydrogen) atoms. The van der Waals surface area contributed by atoms with Crippen LogP contribution in [0.2, 0.25) is 15.2 Å². The summed E-state index contributed by atoms with van der Waals surface area (Å²) in [5.41, 5.74) is 0.952. The van der Waals surface area contributed by atoms with Crippen molar-refractivity contribution >= 4 is 46.6 Å². The molecule has 0 aliphatic heterocycles. The Morgan fingerprint density at radius 2 is 1.95 bits per heavy atom. The molecule has 6 heteroatoms. The molecule has 0 aliphatic carbocycles. The van der Waals surface area contributed by atoms with Crippen molar-refractivity contribution in [2.45, 2.75) is 29.7 Å². The van der Waals surface area contributed by atoms with Crippen LogP contribution >= 0.6 is 46.6 Å². The number of nitrogens with zero attached hydrogens (tertiary/aromatic N) is 2. The van der Waals surface area contributed by atoms with E-state index in [1.165, 1.54) is 18.1 Å². The second kappa shape index (κ2) is 6.80. The molecule has 0 aliphatic rings. The molecule has 0 bridgehead atoms. The zero-order valence-corrected chi connectivity index (χ0v) is 13.2. The lowest BCUT2D eigenvalue weighted by Crippen LogP contribution is -1.95. The van der Waals surface area contributed by atoms with Crippen LogP contribution in [0.1, 0.15) is 18.9 Å². The van der Waals surface area contributed by atoms with E-state index < -0.39 is 0 Å². The van der Waals surface area contributed by atoms with Gasteiger partial charge in [-0.1, -0.05) is 59.9 Å². The summed E-state index contributed by atoms with van der Waals surface area (Å²) in [5.74, 6) is 0. The van der Waals surface area contributed by atoms with E-state index in [0.29, 0.717) is 15.2 Å². The summed E-state index contributed by atoms with van der Waals surface area (Å²) in [4.78, 5) is 9.17. The van der Waals surface area contributed by atoms with Gasteiger partial charge in [0.05, 0.1) is 5.02 Å². The van der Waals surface area contributed by atoms with Crippen molar-refractivity contribution in [3.05, 3.63) is 45.3 Å². The molecule has 2 rings (SSSR count). The van der Waals surface area contributed by atoms with Crippen LogP contribution in [-0.4, -0.2) is 9.97 Å². The van der Waals surface area contributed by atoms with Crippen LogP contribution in [0.3, 0.4) is 0 Å². The van der Waals surface area contributed by atoms with E-state index >= 15 is 0 Å². The van der Waals surface area contributed by atoms with Gasteiger partial charge >= 0.3 is 0 Å². The molecule has 0 spiro atoms. The van der Waals surface area contributed by atoms with Gasteiger partial charge < -0.3 is 0 Å². The first-order valence-electron chi connectivity index (χ1n) is 5.74. The third kappa shape index (κ3) is 3.76. The van der Waals surface area contributed by atoms with Crippen LogP contribution < -0.4 is 0 Å². The van der Waals surface area contributed by atoms with Gasteiger partial charge in [0, 0.05) is 15.5 Å². The largest absolute Gasteiger partial charge is 0.229 e. The quantitative estimate of drug-likeness (QED) is 0.687. The molecule has 0 N–H and O–H groups in total. The molecule has 1 heterocycles. The standard InChI is InChI=1S/C13H11Cl3N2S/c1-2-3-9-12(16)17-7-18-13(9)19-11-6-8(14)4-5-10(11)15/h4-7H,2-3H2,1H3. The molecule has 1 aromatic carbocycles. The summed E-state index contributed by atoms with van der Waals surface area (Å²) in [6, 6.07) is 5.35. The van der Waals surface area contributed by atoms with Gasteiger partial charge in [0.25, 0.3) is 0 Å². The zero-order chi connectivity index (χ0) is 13.8. The zero-order valence-electron chi connectivity index (χ0n) is 10.2. The molecule has 1 aromatic heterocycles. The van der Waals surface area contributed by atoms with Crippen molar-refractivity contribution in [1.82, 2.24) is 9.97 Å². The van der Waals surface area contributed by atoms with E-state index in [1.54, 1.807) is 12.1 Å². The fourth-order valence-corrected chi connectivity index (χ4v) is 3.32. The summed E-state index contributed by atoms with van der Waals surface area (Å²) in [6.45, 7) is 2.09. The molecule has 0 radical (unpaired) electrons. The average Bonchev–Trinajstić information content (AvgIpc) is 2.38. The summed E-state index contributed by atoms with van der Waals surface area (Å²) >= 11 is 19.7. The Bertz CT molecular complexity index is 590. The predicted octanol–water partition coefficient (Wildman–Crippen LogP) is 5.54. The summed E-state index contributed by atoms with van der Waals surface area (Å²) in [5, 5.41) is 2.61. The number of benzene rings is 1. The minimum Gasteiger partial charge on any atom is -0.229 e. The minimum absolute atomic E-state index is 0.498. The molecule has 0 amide bonds. The second-order valence-electron chi connectivity index (χ2n) is 3.87. The van der Waals surface area contributed by atoms with E-state index in [4.69, 9.17) is 34.8 Å². The first-order valence-corrected chi connectivity index (χ1v) is 7.69. The van der Waals surface area contributed by atoms with Gasteiger partial charge in [-0.2, -0.15) is 0 Å². The highest BCUT2D eigenvalue weighted by atomic mass is 35.5. The Labute approximate surface area is 131 Å². The number of hydrogen-bond donors (Lipinski definition) is 0. The van der Waals surface area contributed by atoms with E-state index in [-0.39, 0.29) is 0 Å². The van der Waals surface area contributed by atoms with E-state index in [1.807, 2.05) is 6.07 Å². The maximum atomic E-state index is 6.16. The highest BCUT2D eigenvalue weighted by Gasteiger charge is 2.12. The summed E-state index contributed by atoms with van der Waals surface area (Å²) in [7, 11) is 0. The third-order valence-corrected chi connectivity index (χ3v) is 4.56. The molecule has 2 aromatic rings. The lowest BCUT2D eigenvalue weighted by molar-refractivity contribution is 0.856. The Hall–Kier alpha value is -0.480. The molecule has 100 valence electrons. The fourth-order valence-electron chi connectivity index (χ4n) is 1.58. The fraction of sp³-hybridized carbons (Fsp3) is 0.231. The highest BCUT2D eigenvalue weighted by Crippen LogP contribution is 2.37. The minimum atomic E-state index is 0.498. The SMILES string of the molecule is CCCc1c(Cl)ncnc1Sc1cc(Cl)ccc1Cl. The highest BCUT2D eigenvalue weighted by molar-refractivity contribution is 7.99. The Balaban J connectivity index is 2.37. The van der Waals surface area contributed by atoms with Crippen LogP contribution in [0.5, 0.6) is 0 Å². The monoisotopic (exact) mass is 332 g/mol. The van der Waals surface area contributed by atoms with Gasteiger partial charge in [-0.15, -0.1) is 0 Å². The number of rotatable bonds is 4. The predicted molar refractivity (Wildman–Crippen MR) is 81.6 cm³/mol. The Kier molecular flexibility index (Phi) is 5.34. The van der Waals surface area contributed by atoms with E-state index in [0.717, 1.165) is 28.3 Å². The lowest BCUT2D eigenvalue weighted by Gasteiger charge is -2.09. The maximum Gasteiger partial charge on any atom is 0.136 e. The summed E-state index contributed by atoms with van der Waals surface area (Å²) < 4.78 is 0.